The van der Waals surface area contributed by atoms with Crippen LogP contribution < -0.4 is 5.73 Å². The van der Waals surface area contributed by atoms with Gasteiger partial charge in [-0.15, -0.1) is 24.8 Å². The number of nitrogens with two attached hydrogens (primary N) is 1. The average molecular weight is 337 g/mol. The van der Waals surface area contributed by atoms with Gasteiger partial charge in [0.1, 0.15) is 5.82 Å². The number of hydrogen-bond donors (Lipinski definition) is 1. The van der Waals surface area contributed by atoms with Crippen LogP contribution in [0.2, 0.25) is 0 Å². The first-order chi connectivity index (χ1) is 8.90. The molecule has 1 aromatic rings. The highest BCUT2D eigenvalue weighted by Gasteiger charge is 2.26. The largest absolute Gasteiger partial charge is 0.336 e. The summed E-state index contributed by atoms with van der Waals surface area (Å²) >= 11 is 0. The van der Waals surface area contributed by atoms with Crippen LogP contribution in [0.1, 0.15) is 50.3 Å². The third kappa shape index (κ3) is 4.34. The average Bonchev–Trinajstić information content (AvgIpc) is 2.65. The van der Waals surface area contributed by atoms with Crippen molar-refractivity contribution in [2.24, 2.45) is 12.8 Å². The predicted molar refractivity (Wildman–Crippen MR) is 89.2 cm³/mol. The molecule has 0 radical (unpaired) electrons. The minimum absolute atomic E-state index is 0. The minimum atomic E-state index is -0.0798. The van der Waals surface area contributed by atoms with E-state index in [4.69, 9.17) is 10.7 Å². The lowest BCUT2D eigenvalue weighted by molar-refractivity contribution is -0.132. The number of fused-ring (bicyclic) bond motifs is 1. The van der Waals surface area contributed by atoms with E-state index in [1.54, 1.807) is 0 Å². The molecule has 1 atom stereocenters. The van der Waals surface area contributed by atoms with Gasteiger partial charge in [0.25, 0.3) is 0 Å². The molecule has 21 heavy (non-hydrogen) atoms. The van der Waals surface area contributed by atoms with Gasteiger partial charge >= 0.3 is 0 Å². The van der Waals surface area contributed by atoms with Gasteiger partial charge in [0.05, 0.1) is 12.2 Å². The van der Waals surface area contributed by atoms with Crippen LogP contribution in [0.15, 0.2) is 0 Å². The van der Waals surface area contributed by atoms with Gasteiger partial charge in [-0.2, -0.15) is 0 Å². The summed E-state index contributed by atoms with van der Waals surface area (Å²) in [5, 5.41) is 0. The summed E-state index contributed by atoms with van der Waals surface area (Å²) in [6.45, 7) is 7.56. The smallest absolute Gasteiger partial charge is 0.224 e. The van der Waals surface area contributed by atoms with Crippen LogP contribution in [0.5, 0.6) is 0 Å². The van der Waals surface area contributed by atoms with E-state index in [1.807, 2.05) is 11.8 Å². The molecule has 1 aromatic heterocycles. The Hall–Kier alpha value is -0.780. The summed E-state index contributed by atoms with van der Waals surface area (Å²) in [5.74, 6) is 1.65. The van der Waals surface area contributed by atoms with Crippen molar-refractivity contribution < 1.29 is 4.79 Å². The van der Waals surface area contributed by atoms with Gasteiger partial charge in [0.2, 0.25) is 5.91 Å². The van der Waals surface area contributed by atoms with Crippen LogP contribution in [-0.2, 0) is 24.8 Å². The highest BCUT2D eigenvalue weighted by Crippen LogP contribution is 2.23. The minimum Gasteiger partial charge on any atom is -0.336 e. The number of carbonyl (C=O) groups excluding carboxylic acids is 1. The highest BCUT2D eigenvalue weighted by atomic mass is 35.5. The maximum atomic E-state index is 12.1. The third-order valence-electron chi connectivity index (χ3n) is 3.66. The summed E-state index contributed by atoms with van der Waals surface area (Å²) in [4.78, 5) is 18.6. The monoisotopic (exact) mass is 336 g/mol. The van der Waals surface area contributed by atoms with E-state index in [1.165, 1.54) is 5.69 Å². The van der Waals surface area contributed by atoms with Crippen LogP contribution in [0.4, 0.5) is 0 Å². The summed E-state index contributed by atoms with van der Waals surface area (Å²) in [6, 6.07) is -0.0798. The summed E-state index contributed by atoms with van der Waals surface area (Å²) in [7, 11) is 2.07. The van der Waals surface area contributed by atoms with Crippen molar-refractivity contribution in [3.8, 4) is 0 Å². The van der Waals surface area contributed by atoms with Crippen molar-refractivity contribution in [1.82, 2.24) is 14.5 Å². The molecule has 0 bridgehead atoms. The van der Waals surface area contributed by atoms with Crippen molar-refractivity contribution in [3.63, 3.8) is 0 Å². The molecule has 7 heteroatoms. The standard InChI is InChI=1S/C14H24N4O.2ClH/c1-9(2)14-16-11-8-18(13(19)7-10(3)15)6-5-12(11)17(14)4;;/h9-10H,5-8,15H2,1-4H3;2*1H. The number of nitrogens with zero attached hydrogens (tertiary/aromatic N) is 3. The first kappa shape index (κ1) is 20.2. The maximum Gasteiger partial charge on any atom is 0.224 e. The summed E-state index contributed by atoms with van der Waals surface area (Å²) in [6.07, 6.45) is 1.30. The van der Waals surface area contributed by atoms with Gasteiger partial charge in [-0.3, -0.25) is 4.79 Å². The van der Waals surface area contributed by atoms with E-state index in [0.29, 0.717) is 18.9 Å². The number of imidazole rings is 1. The fraction of sp³-hybridized carbons (Fsp3) is 0.714. The number of hydrogen-bond acceptors (Lipinski definition) is 3. The van der Waals surface area contributed by atoms with E-state index in [0.717, 1.165) is 24.5 Å². The zero-order valence-electron chi connectivity index (χ0n) is 13.1. The van der Waals surface area contributed by atoms with Crippen LogP contribution in [0, 0.1) is 0 Å². The van der Waals surface area contributed by atoms with Gasteiger partial charge in [-0.25, -0.2) is 4.98 Å². The van der Waals surface area contributed by atoms with Crippen LogP contribution in [-0.4, -0.2) is 32.9 Å². The van der Waals surface area contributed by atoms with Gasteiger partial charge < -0.3 is 15.2 Å². The predicted octanol–water partition coefficient (Wildman–Crippen LogP) is 2.01. The Balaban J connectivity index is 0.00000200. The van der Waals surface area contributed by atoms with Crippen LogP contribution in [0.3, 0.4) is 0 Å². The molecule has 0 saturated carbocycles. The van der Waals surface area contributed by atoms with Gasteiger partial charge in [-0.1, -0.05) is 13.8 Å². The molecule has 0 aromatic carbocycles. The fourth-order valence-electron chi connectivity index (χ4n) is 2.68. The number of carbonyl (C=O) groups is 1. The van der Waals surface area contributed by atoms with Gasteiger partial charge in [0, 0.05) is 44.1 Å². The van der Waals surface area contributed by atoms with E-state index in [-0.39, 0.29) is 36.8 Å². The Morgan fingerprint density at radius 1 is 1.33 bits per heavy atom. The molecule has 2 heterocycles. The van der Waals surface area contributed by atoms with Gasteiger partial charge in [-0.05, 0) is 6.92 Å². The molecule has 122 valence electrons. The number of amides is 1. The summed E-state index contributed by atoms with van der Waals surface area (Å²) in [5.41, 5.74) is 8.02. The molecule has 0 saturated heterocycles. The molecular formula is C14H26Cl2N4O. The fourth-order valence-corrected chi connectivity index (χ4v) is 2.68. The molecule has 2 N–H and O–H groups in total. The second-order valence-electron chi connectivity index (χ2n) is 5.82. The number of halogens is 2. The third-order valence-corrected chi connectivity index (χ3v) is 3.66. The van der Waals surface area contributed by atoms with E-state index < -0.39 is 0 Å². The first-order valence-electron chi connectivity index (χ1n) is 6.97. The second kappa shape index (κ2) is 8.01. The Kier molecular flexibility index (Phi) is 7.71. The molecule has 1 aliphatic heterocycles. The molecule has 2 rings (SSSR count). The van der Waals surface area contributed by atoms with Crippen molar-refractivity contribution >= 4 is 30.7 Å². The number of rotatable bonds is 3. The zero-order valence-corrected chi connectivity index (χ0v) is 14.8. The van der Waals surface area contributed by atoms with Crippen molar-refractivity contribution in [1.29, 1.82) is 0 Å². The molecule has 0 fully saturated rings. The second-order valence-corrected chi connectivity index (χ2v) is 5.82. The van der Waals surface area contributed by atoms with Crippen molar-refractivity contribution in [2.45, 2.75) is 52.1 Å². The van der Waals surface area contributed by atoms with Crippen molar-refractivity contribution in [2.75, 3.05) is 6.54 Å². The van der Waals surface area contributed by atoms with Crippen LogP contribution in [0.25, 0.3) is 0 Å². The molecule has 5 nitrogen and oxygen atoms in total. The molecule has 0 aliphatic carbocycles. The van der Waals surface area contributed by atoms with Crippen molar-refractivity contribution in [3.05, 3.63) is 17.2 Å². The lowest BCUT2D eigenvalue weighted by atomic mass is 10.1. The van der Waals surface area contributed by atoms with E-state index in [2.05, 4.69) is 25.5 Å². The van der Waals surface area contributed by atoms with Crippen LogP contribution >= 0.6 is 24.8 Å². The molecular weight excluding hydrogens is 311 g/mol. The molecule has 1 aliphatic rings. The Labute approximate surface area is 139 Å². The SMILES string of the molecule is CC(N)CC(=O)N1CCc2c(nc(C(C)C)n2C)C1.Cl.Cl. The Bertz CT molecular complexity index is 486. The Morgan fingerprint density at radius 3 is 2.48 bits per heavy atom. The topological polar surface area (TPSA) is 64.2 Å². The van der Waals surface area contributed by atoms with Gasteiger partial charge in [0.15, 0.2) is 0 Å². The highest BCUT2D eigenvalue weighted by molar-refractivity contribution is 5.85. The Morgan fingerprint density at radius 2 is 1.95 bits per heavy atom. The molecule has 1 unspecified atom stereocenters. The van der Waals surface area contributed by atoms with E-state index in [9.17, 15) is 4.79 Å². The zero-order chi connectivity index (χ0) is 14.2. The van der Waals surface area contributed by atoms with E-state index >= 15 is 0 Å². The quantitative estimate of drug-likeness (QED) is 0.918. The number of aromatic nitrogens is 2. The molecule has 1 amide bonds. The lowest BCUT2D eigenvalue weighted by Crippen LogP contribution is -2.38. The normalized spacial score (nSPS) is 15.0. The molecule has 0 spiro atoms. The first-order valence-corrected chi connectivity index (χ1v) is 6.97. The maximum absolute atomic E-state index is 12.1. The summed E-state index contributed by atoms with van der Waals surface area (Å²) < 4.78 is 2.19. The lowest BCUT2D eigenvalue weighted by Gasteiger charge is -2.27.